The van der Waals surface area contributed by atoms with E-state index in [1.165, 1.54) is 6.07 Å². The van der Waals surface area contributed by atoms with Gasteiger partial charge in [-0.2, -0.15) is 0 Å². The summed E-state index contributed by atoms with van der Waals surface area (Å²) in [6.07, 6.45) is 3.48. The van der Waals surface area contributed by atoms with Gasteiger partial charge in [0, 0.05) is 56.6 Å². The van der Waals surface area contributed by atoms with Crippen molar-refractivity contribution in [2.24, 2.45) is 0 Å². The Morgan fingerprint density at radius 1 is 1.00 bits per heavy atom. The number of piperazine rings is 1. The van der Waals surface area contributed by atoms with Crippen LogP contribution in [0.25, 0.3) is 0 Å². The number of hydrogen-bond donors (Lipinski definition) is 0. The maximum atomic E-state index is 12.5. The molecule has 28 heavy (non-hydrogen) atoms. The number of rotatable bonds is 4. The number of carbonyl (C=O) groups excluding carboxylic acids is 3. The van der Waals surface area contributed by atoms with Crippen molar-refractivity contribution in [3.63, 3.8) is 0 Å². The summed E-state index contributed by atoms with van der Waals surface area (Å²) in [5, 5.41) is 0.401. The van der Waals surface area contributed by atoms with Gasteiger partial charge in [-0.25, -0.2) is 9.97 Å². The van der Waals surface area contributed by atoms with Crippen molar-refractivity contribution in [3.05, 3.63) is 52.8 Å². The molecule has 3 heterocycles. The lowest BCUT2D eigenvalue weighted by Crippen LogP contribution is -2.49. The number of halogens is 1. The normalized spacial score (nSPS) is 16.5. The van der Waals surface area contributed by atoms with Crippen LogP contribution in [0.4, 0.5) is 5.95 Å². The molecule has 1 aromatic carbocycles. The molecule has 0 aliphatic carbocycles. The van der Waals surface area contributed by atoms with Gasteiger partial charge >= 0.3 is 0 Å². The minimum Gasteiger partial charge on any atom is -0.339 e. The van der Waals surface area contributed by atoms with E-state index in [9.17, 15) is 14.4 Å². The zero-order valence-electron chi connectivity index (χ0n) is 15.0. The van der Waals surface area contributed by atoms with Crippen molar-refractivity contribution in [1.29, 1.82) is 0 Å². The number of amides is 3. The van der Waals surface area contributed by atoms with Gasteiger partial charge in [-0.15, -0.1) is 0 Å². The predicted octanol–water partition coefficient (Wildman–Crippen LogP) is 1.46. The van der Waals surface area contributed by atoms with Crippen LogP contribution in [0.1, 0.15) is 27.1 Å². The number of benzene rings is 1. The Hall–Kier alpha value is -3.00. The van der Waals surface area contributed by atoms with E-state index in [4.69, 9.17) is 11.6 Å². The Morgan fingerprint density at radius 2 is 1.68 bits per heavy atom. The van der Waals surface area contributed by atoms with E-state index in [0.717, 1.165) is 4.90 Å². The van der Waals surface area contributed by atoms with Crippen LogP contribution < -0.4 is 4.90 Å². The average molecular weight is 400 g/mol. The summed E-state index contributed by atoms with van der Waals surface area (Å²) in [5.41, 5.74) is 0.625. The summed E-state index contributed by atoms with van der Waals surface area (Å²) in [6.45, 7) is 2.44. The molecule has 3 amide bonds. The van der Waals surface area contributed by atoms with Gasteiger partial charge in [-0.05, 0) is 24.3 Å². The molecule has 9 heteroatoms. The van der Waals surface area contributed by atoms with Crippen LogP contribution in [0.3, 0.4) is 0 Å². The van der Waals surface area contributed by atoms with Crippen LogP contribution in [0, 0.1) is 0 Å². The number of nitrogens with zero attached hydrogens (tertiary/aromatic N) is 5. The molecule has 0 atom stereocenters. The fourth-order valence-electron chi connectivity index (χ4n) is 3.44. The zero-order valence-corrected chi connectivity index (χ0v) is 15.8. The molecule has 0 N–H and O–H groups in total. The van der Waals surface area contributed by atoms with E-state index in [2.05, 4.69) is 9.97 Å². The molecule has 144 valence electrons. The van der Waals surface area contributed by atoms with Crippen molar-refractivity contribution in [1.82, 2.24) is 19.8 Å². The van der Waals surface area contributed by atoms with Crippen LogP contribution in [0.2, 0.25) is 5.02 Å². The second-order valence-corrected chi connectivity index (χ2v) is 7.05. The highest BCUT2D eigenvalue weighted by Crippen LogP contribution is 2.26. The summed E-state index contributed by atoms with van der Waals surface area (Å²) in [4.78, 5) is 50.8. The number of imide groups is 1. The first-order valence-electron chi connectivity index (χ1n) is 9.00. The van der Waals surface area contributed by atoms with Gasteiger partial charge in [0.25, 0.3) is 11.8 Å². The predicted molar refractivity (Wildman–Crippen MR) is 102 cm³/mol. The van der Waals surface area contributed by atoms with Crippen LogP contribution in [0.5, 0.6) is 0 Å². The third-order valence-electron chi connectivity index (χ3n) is 4.95. The fourth-order valence-corrected chi connectivity index (χ4v) is 3.61. The molecule has 0 bridgehead atoms. The lowest BCUT2D eigenvalue weighted by Gasteiger charge is -2.34. The van der Waals surface area contributed by atoms with Gasteiger partial charge in [0.05, 0.1) is 11.1 Å². The van der Waals surface area contributed by atoms with Crippen LogP contribution in [-0.2, 0) is 4.79 Å². The third kappa shape index (κ3) is 3.43. The molecule has 1 fully saturated rings. The molecule has 1 saturated heterocycles. The van der Waals surface area contributed by atoms with E-state index in [1.807, 2.05) is 4.90 Å². The van der Waals surface area contributed by atoms with Crippen molar-refractivity contribution in [3.8, 4) is 0 Å². The van der Waals surface area contributed by atoms with E-state index in [0.29, 0.717) is 48.3 Å². The number of hydrogen-bond acceptors (Lipinski definition) is 6. The second-order valence-electron chi connectivity index (χ2n) is 6.62. The molecule has 4 rings (SSSR count). The molecule has 2 aliphatic heterocycles. The highest BCUT2D eigenvalue weighted by atomic mass is 35.5. The first-order chi connectivity index (χ1) is 13.5. The molecular weight excluding hydrogens is 382 g/mol. The maximum absolute atomic E-state index is 12.5. The lowest BCUT2D eigenvalue weighted by molar-refractivity contribution is -0.131. The van der Waals surface area contributed by atoms with Crippen LogP contribution >= 0.6 is 11.6 Å². The van der Waals surface area contributed by atoms with Gasteiger partial charge in [-0.3, -0.25) is 19.3 Å². The Balaban J connectivity index is 1.32. The van der Waals surface area contributed by atoms with Crippen LogP contribution in [0.15, 0.2) is 36.7 Å². The average Bonchev–Trinajstić information content (AvgIpc) is 2.96. The Kier molecular flexibility index (Phi) is 4.95. The van der Waals surface area contributed by atoms with Gasteiger partial charge < -0.3 is 9.80 Å². The number of anilines is 1. The van der Waals surface area contributed by atoms with Crippen molar-refractivity contribution >= 4 is 35.3 Å². The molecule has 8 nitrogen and oxygen atoms in total. The first-order valence-corrected chi connectivity index (χ1v) is 9.38. The van der Waals surface area contributed by atoms with Gasteiger partial charge in [0.15, 0.2) is 0 Å². The summed E-state index contributed by atoms with van der Waals surface area (Å²) in [5.74, 6) is -0.209. The van der Waals surface area contributed by atoms with E-state index >= 15 is 0 Å². The quantitative estimate of drug-likeness (QED) is 0.723. The molecule has 0 radical (unpaired) electrons. The monoisotopic (exact) mass is 399 g/mol. The highest BCUT2D eigenvalue weighted by molar-refractivity contribution is 6.32. The molecular formula is C19H18ClN5O3. The third-order valence-corrected chi connectivity index (χ3v) is 5.18. The van der Waals surface area contributed by atoms with Crippen molar-refractivity contribution < 1.29 is 14.4 Å². The lowest BCUT2D eigenvalue weighted by atomic mass is 10.1. The molecule has 0 unspecified atom stereocenters. The summed E-state index contributed by atoms with van der Waals surface area (Å²) >= 11 is 5.91. The maximum Gasteiger partial charge on any atom is 0.261 e. The highest BCUT2D eigenvalue weighted by Gasteiger charge is 2.36. The molecule has 0 saturated carbocycles. The van der Waals surface area contributed by atoms with Crippen molar-refractivity contribution in [2.75, 3.05) is 37.6 Å². The molecule has 0 spiro atoms. The van der Waals surface area contributed by atoms with E-state index < -0.39 is 5.91 Å². The minimum atomic E-state index is -0.402. The van der Waals surface area contributed by atoms with Gasteiger partial charge in [0.2, 0.25) is 11.9 Å². The Morgan fingerprint density at radius 3 is 2.39 bits per heavy atom. The van der Waals surface area contributed by atoms with Gasteiger partial charge in [0.1, 0.15) is 0 Å². The second kappa shape index (κ2) is 7.55. The largest absolute Gasteiger partial charge is 0.339 e. The summed E-state index contributed by atoms with van der Waals surface area (Å²) in [6, 6.07) is 6.38. The number of carbonyl (C=O) groups is 3. The number of fused-ring (bicyclic) bond motifs is 1. The van der Waals surface area contributed by atoms with E-state index in [1.54, 1.807) is 35.5 Å². The summed E-state index contributed by atoms with van der Waals surface area (Å²) < 4.78 is 0. The van der Waals surface area contributed by atoms with E-state index in [-0.39, 0.29) is 24.8 Å². The summed E-state index contributed by atoms with van der Waals surface area (Å²) in [7, 11) is 0. The van der Waals surface area contributed by atoms with Gasteiger partial charge in [-0.1, -0.05) is 11.6 Å². The molecule has 2 aromatic rings. The molecule has 2 aliphatic rings. The fraction of sp³-hybridized carbons (Fsp3) is 0.316. The van der Waals surface area contributed by atoms with Crippen molar-refractivity contribution in [2.45, 2.75) is 6.42 Å². The standard InChI is InChI=1S/C19H18ClN5O3/c20-13-2-3-14-15(12-13)18(28)25(17(14)27)7-4-16(26)23-8-10-24(11-9-23)19-21-5-1-6-22-19/h1-3,5-6,12H,4,7-11H2. The Bertz CT molecular complexity index is 928. The topological polar surface area (TPSA) is 86.7 Å². The number of aromatic nitrogens is 2. The zero-order chi connectivity index (χ0) is 19.7. The Labute approximate surface area is 166 Å². The first kappa shape index (κ1) is 18.4. The molecule has 1 aromatic heterocycles. The smallest absolute Gasteiger partial charge is 0.261 e. The van der Waals surface area contributed by atoms with Crippen LogP contribution in [-0.4, -0.2) is 70.2 Å². The SMILES string of the molecule is O=C(CCN1C(=O)c2ccc(Cl)cc2C1=O)N1CCN(c2ncccn2)CC1. The minimum absolute atomic E-state index is 0.0603.